The van der Waals surface area contributed by atoms with Crippen molar-refractivity contribution in [1.82, 2.24) is 4.90 Å². The number of unbranched alkanes of at least 4 members (excludes halogenated alkanes) is 3. The van der Waals surface area contributed by atoms with Gasteiger partial charge in [-0.25, -0.2) is 0 Å². The number of amidine groups is 1. The van der Waals surface area contributed by atoms with Crippen molar-refractivity contribution in [2.75, 3.05) is 26.2 Å². The summed E-state index contributed by atoms with van der Waals surface area (Å²) in [7, 11) is 0. The number of nitrogens with zero attached hydrogens (tertiary/aromatic N) is 2. The molecule has 2 aliphatic heterocycles. The zero-order valence-corrected chi connectivity index (χ0v) is 12.0. The van der Waals surface area contributed by atoms with Gasteiger partial charge in [-0.2, -0.15) is 0 Å². The molecule has 0 aromatic rings. The predicted molar refractivity (Wildman–Crippen MR) is 78.2 cm³/mol. The molecule has 0 atom stereocenters. The first kappa shape index (κ1) is 15.5. The fraction of sp³-hybridized carbons (Fsp3) is 0.933. The molecule has 18 heavy (non-hydrogen) atoms. The number of rotatable bonds is 4. The second-order valence-electron chi connectivity index (χ2n) is 5.23. The average molecular weight is 254 g/mol. The Bertz CT molecular complexity index is 225. The molecule has 2 rings (SSSR count). The average Bonchev–Trinajstić information content (AvgIpc) is 2.65. The summed E-state index contributed by atoms with van der Waals surface area (Å²) in [4.78, 5) is 7.04. The monoisotopic (exact) mass is 254 g/mol. The molecule has 0 radical (unpaired) electrons. The molecule has 1 fully saturated rings. The lowest BCUT2D eigenvalue weighted by molar-refractivity contribution is 0.283. The molecule has 2 heterocycles. The third-order valence-corrected chi connectivity index (χ3v) is 3.59. The molecule has 0 aromatic carbocycles. The van der Waals surface area contributed by atoms with Crippen molar-refractivity contribution in [3.63, 3.8) is 0 Å². The quantitative estimate of drug-likeness (QED) is 0.782. The summed E-state index contributed by atoms with van der Waals surface area (Å²) in [6.45, 7) is 6.13. The van der Waals surface area contributed by atoms with Gasteiger partial charge in [0.2, 0.25) is 0 Å². The van der Waals surface area contributed by atoms with E-state index in [1.165, 1.54) is 70.3 Å². The molecule has 0 bridgehead atoms. The number of aliphatic imine (C=N–C) groups is 1. The number of hydrogen-bond acceptors (Lipinski definition) is 3. The lowest BCUT2D eigenvalue weighted by Gasteiger charge is -2.27. The molecule has 0 aliphatic carbocycles. The van der Waals surface area contributed by atoms with Gasteiger partial charge in [0.25, 0.3) is 0 Å². The summed E-state index contributed by atoms with van der Waals surface area (Å²) in [5.41, 5.74) is 0. The number of hydrogen-bond donors (Lipinski definition) is 1. The van der Waals surface area contributed by atoms with Crippen LogP contribution in [0.4, 0.5) is 0 Å². The van der Waals surface area contributed by atoms with Crippen molar-refractivity contribution in [2.45, 2.75) is 64.7 Å². The van der Waals surface area contributed by atoms with Crippen LogP contribution in [0.25, 0.3) is 0 Å². The van der Waals surface area contributed by atoms with Crippen LogP contribution >= 0.6 is 0 Å². The Hall–Kier alpha value is -0.570. The Balaban J connectivity index is 0.000000203. The first-order valence-corrected chi connectivity index (χ1v) is 7.77. The lowest BCUT2D eigenvalue weighted by atomic mass is 10.2. The molecule has 0 spiro atoms. The maximum Gasteiger partial charge on any atom is 0.0988 e. The van der Waals surface area contributed by atoms with Crippen LogP contribution in [0, 0.1) is 0 Å². The molecular weight excluding hydrogens is 224 g/mol. The van der Waals surface area contributed by atoms with Crippen LogP contribution < -0.4 is 0 Å². The van der Waals surface area contributed by atoms with Gasteiger partial charge < -0.3 is 10.0 Å². The van der Waals surface area contributed by atoms with Crippen LogP contribution in [-0.4, -0.2) is 42.1 Å². The van der Waals surface area contributed by atoms with E-state index in [-0.39, 0.29) is 0 Å². The normalized spacial score (nSPS) is 19.2. The second-order valence-corrected chi connectivity index (χ2v) is 5.23. The van der Waals surface area contributed by atoms with Gasteiger partial charge in [-0.15, -0.1) is 0 Å². The minimum Gasteiger partial charge on any atom is -0.396 e. The lowest BCUT2D eigenvalue weighted by Crippen LogP contribution is -2.34. The third kappa shape index (κ3) is 6.39. The Morgan fingerprint density at radius 3 is 2.67 bits per heavy atom. The predicted octanol–water partition coefficient (Wildman–Crippen LogP) is 3.22. The second kappa shape index (κ2) is 10.4. The zero-order chi connectivity index (χ0) is 13.1. The summed E-state index contributed by atoms with van der Waals surface area (Å²) < 4.78 is 0. The van der Waals surface area contributed by atoms with Crippen LogP contribution in [0.5, 0.6) is 0 Å². The van der Waals surface area contributed by atoms with E-state index in [2.05, 4.69) is 16.8 Å². The van der Waals surface area contributed by atoms with Crippen molar-refractivity contribution in [3.8, 4) is 0 Å². The van der Waals surface area contributed by atoms with Gasteiger partial charge in [-0.3, -0.25) is 4.99 Å². The summed E-state index contributed by atoms with van der Waals surface area (Å²) in [6.07, 6.45) is 11.3. The van der Waals surface area contributed by atoms with Gasteiger partial charge in [-0.05, 0) is 25.7 Å². The van der Waals surface area contributed by atoms with Crippen LogP contribution in [0.3, 0.4) is 0 Å². The Morgan fingerprint density at radius 2 is 1.89 bits per heavy atom. The highest BCUT2D eigenvalue weighted by molar-refractivity contribution is 5.83. The van der Waals surface area contributed by atoms with Gasteiger partial charge in [0.15, 0.2) is 0 Å². The Kier molecular flexibility index (Phi) is 8.92. The van der Waals surface area contributed by atoms with Crippen LogP contribution in [0.1, 0.15) is 64.7 Å². The fourth-order valence-corrected chi connectivity index (χ4v) is 2.48. The highest BCUT2D eigenvalue weighted by Crippen LogP contribution is 2.15. The van der Waals surface area contributed by atoms with E-state index in [1.807, 2.05) is 0 Å². The minimum absolute atomic E-state index is 0.361. The largest absolute Gasteiger partial charge is 0.396 e. The van der Waals surface area contributed by atoms with Crippen molar-refractivity contribution in [3.05, 3.63) is 0 Å². The maximum absolute atomic E-state index is 8.29. The number of aliphatic hydroxyl groups is 1. The summed E-state index contributed by atoms with van der Waals surface area (Å²) in [5.74, 6) is 1.40. The van der Waals surface area contributed by atoms with Crippen molar-refractivity contribution >= 4 is 5.84 Å². The van der Waals surface area contributed by atoms with Crippen molar-refractivity contribution < 1.29 is 5.11 Å². The molecular formula is C15H30N2O. The smallest absolute Gasteiger partial charge is 0.0988 e. The van der Waals surface area contributed by atoms with E-state index in [4.69, 9.17) is 5.11 Å². The maximum atomic E-state index is 8.29. The van der Waals surface area contributed by atoms with Crippen LogP contribution in [0.2, 0.25) is 0 Å². The van der Waals surface area contributed by atoms with E-state index in [9.17, 15) is 0 Å². The topological polar surface area (TPSA) is 35.8 Å². The molecule has 1 saturated heterocycles. The molecule has 0 unspecified atom stereocenters. The molecule has 0 amide bonds. The van der Waals surface area contributed by atoms with Crippen LogP contribution in [-0.2, 0) is 0 Å². The van der Waals surface area contributed by atoms with Crippen molar-refractivity contribution in [2.24, 2.45) is 4.99 Å². The fourth-order valence-electron chi connectivity index (χ4n) is 2.48. The summed E-state index contributed by atoms with van der Waals surface area (Å²) in [5, 5.41) is 8.29. The first-order chi connectivity index (χ1) is 8.88. The van der Waals surface area contributed by atoms with Crippen molar-refractivity contribution in [1.29, 1.82) is 0 Å². The van der Waals surface area contributed by atoms with Gasteiger partial charge in [-0.1, -0.05) is 32.6 Å². The van der Waals surface area contributed by atoms with Gasteiger partial charge in [0.1, 0.15) is 0 Å². The molecule has 2 aliphatic rings. The molecule has 0 aromatic heterocycles. The molecule has 106 valence electrons. The summed E-state index contributed by atoms with van der Waals surface area (Å²) in [6, 6.07) is 0. The molecule has 0 saturated carbocycles. The van der Waals surface area contributed by atoms with Gasteiger partial charge in [0, 0.05) is 32.7 Å². The number of fused-ring (bicyclic) bond motifs is 1. The standard InChI is InChI=1S/C9H16N2.C6H14O/c1-2-5-9-10-6-4-8-11(9)7-3-1;1-2-3-4-5-6-7/h1-8H2;7H,2-6H2,1H3. The highest BCUT2D eigenvalue weighted by atomic mass is 16.2. The van der Waals surface area contributed by atoms with Gasteiger partial charge in [0.05, 0.1) is 5.84 Å². The summed E-state index contributed by atoms with van der Waals surface area (Å²) >= 11 is 0. The zero-order valence-electron chi connectivity index (χ0n) is 12.0. The van der Waals surface area contributed by atoms with E-state index in [0.717, 1.165) is 13.0 Å². The van der Waals surface area contributed by atoms with E-state index in [0.29, 0.717) is 6.61 Å². The molecule has 3 nitrogen and oxygen atoms in total. The van der Waals surface area contributed by atoms with E-state index >= 15 is 0 Å². The number of aliphatic hydroxyl groups excluding tert-OH is 1. The molecule has 3 heteroatoms. The first-order valence-electron chi connectivity index (χ1n) is 7.77. The van der Waals surface area contributed by atoms with E-state index in [1.54, 1.807) is 0 Å². The Labute approximate surface area is 112 Å². The van der Waals surface area contributed by atoms with Crippen LogP contribution in [0.15, 0.2) is 4.99 Å². The van der Waals surface area contributed by atoms with Gasteiger partial charge >= 0.3 is 0 Å². The Morgan fingerprint density at radius 1 is 1.06 bits per heavy atom. The third-order valence-electron chi connectivity index (χ3n) is 3.59. The SMILES string of the molecule is C1CCC2=NCCCN2CC1.CCCCCCO. The molecule has 1 N–H and O–H groups in total. The minimum atomic E-state index is 0.361. The van der Waals surface area contributed by atoms with E-state index < -0.39 is 0 Å². The highest BCUT2D eigenvalue weighted by Gasteiger charge is 2.16.